The van der Waals surface area contributed by atoms with Gasteiger partial charge < -0.3 is 0 Å². The molecule has 80 valence electrons. The number of halogens is 3. The number of benzene rings is 1. The van der Waals surface area contributed by atoms with Crippen LogP contribution in [0.2, 0.25) is 0 Å². The highest BCUT2D eigenvalue weighted by molar-refractivity contribution is 6.10. The monoisotopic (exact) mass is 224 g/mol. The molecule has 0 bridgehead atoms. The van der Waals surface area contributed by atoms with Crippen molar-refractivity contribution in [1.82, 2.24) is 0 Å². The van der Waals surface area contributed by atoms with Crippen molar-refractivity contribution in [3.63, 3.8) is 0 Å². The van der Waals surface area contributed by atoms with Crippen LogP contribution in [0.5, 0.6) is 0 Å². The van der Waals surface area contributed by atoms with Crippen molar-refractivity contribution in [2.45, 2.75) is 0 Å². The SMILES string of the molecule is N#CC(C#N)=NNc1ccc(F)c(F)c1F. The van der Waals surface area contributed by atoms with E-state index in [1.807, 2.05) is 5.43 Å². The third-order valence-corrected chi connectivity index (χ3v) is 1.54. The summed E-state index contributed by atoms with van der Waals surface area (Å²) in [6.07, 6.45) is 0. The van der Waals surface area contributed by atoms with Gasteiger partial charge in [-0.25, -0.2) is 13.2 Å². The van der Waals surface area contributed by atoms with Crippen molar-refractivity contribution in [2.24, 2.45) is 5.10 Å². The van der Waals surface area contributed by atoms with Gasteiger partial charge in [-0.05, 0) is 12.1 Å². The fourth-order valence-electron chi connectivity index (χ4n) is 0.803. The molecule has 0 aliphatic carbocycles. The highest BCUT2D eigenvalue weighted by Gasteiger charge is 2.12. The maximum atomic E-state index is 13.0. The molecule has 0 aliphatic rings. The van der Waals surface area contributed by atoms with Gasteiger partial charge in [-0.1, -0.05) is 0 Å². The van der Waals surface area contributed by atoms with Gasteiger partial charge >= 0.3 is 0 Å². The maximum absolute atomic E-state index is 13.0. The molecule has 0 fully saturated rings. The van der Waals surface area contributed by atoms with Crippen LogP contribution in [-0.2, 0) is 0 Å². The molecule has 0 unspecified atom stereocenters. The Hall–Kier alpha value is -2.54. The summed E-state index contributed by atoms with van der Waals surface area (Å²) in [6.45, 7) is 0. The Morgan fingerprint density at radius 2 is 1.75 bits per heavy atom. The smallest absolute Gasteiger partial charge is 0.237 e. The van der Waals surface area contributed by atoms with Crippen molar-refractivity contribution >= 4 is 11.4 Å². The topological polar surface area (TPSA) is 72.0 Å². The molecule has 1 aromatic carbocycles. The van der Waals surface area contributed by atoms with Crippen LogP contribution >= 0.6 is 0 Å². The molecule has 0 amide bonds. The summed E-state index contributed by atoms with van der Waals surface area (Å²) < 4.78 is 38.2. The number of nitrogens with zero attached hydrogens (tertiary/aromatic N) is 3. The predicted octanol–water partition coefficient (Wildman–Crippen LogP) is 1.92. The van der Waals surface area contributed by atoms with Crippen LogP contribution in [0.1, 0.15) is 0 Å². The Labute approximate surface area is 88.2 Å². The van der Waals surface area contributed by atoms with E-state index in [1.165, 1.54) is 12.1 Å². The van der Waals surface area contributed by atoms with Gasteiger partial charge in [-0.3, -0.25) is 5.43 Å². The first-order valence-corrected chi connectivity index (χ1v) is 3.87. The highest BCUT2D eigenvalue weighted by atomic mass is 19.2. The summed E-state index contributed by atoms with van der Waals surface area (Å²) in [4.78, 5) is 0. The van der Waals surface area contributed by atoms with Crippen LogP contribution < -0.4 is 5.43 Å². The Balaban J connectivity index is 3.02. The Morgan fingerprint density at radius 3 is 2.31 bits per heavy atom. The van der Waals surface area contributed by atoms with Crippen LogP contribution in [0.3, 0.4) is 0 Å². The Bertz CT molecular complexity index is 509. The van der Waals surface area contributed by atoms with Gasteiger partial charge in [0.15, 0.2) is 17.5 Å². The predicted molar refractivity (Wildman–Crippen MR) is 48.6 cm³/mol. The second kappa shape index (κ2) is 4.80. The number of rotatable bonds is 2. The van der Waals surface area contributed by atoms with Crippen molar-refractivity contribution in [2.75, 3.05) is 5.43 Å². The zero-order valence-electron chi connectivity index (χ0n) is 7.63. The largest absolute Gasteiger partial charge is 0.273 e. The molecule has 0 saturated carbocycles. The van der Waals surface area contributed by atoms with E-state index in [1.54, 1.807) is 0 Å². The molecule has 0 atom stereocenters. The number of hydrogen-bond donors (Lipinski definition) is 1. The number of hydrazone groups is 1. The molecule has 0 spiro atoms. The molecule has 0 heterocycles. The van der Waals surface area contributed by atoms with Crippen molar-refractivity contribution in [1.29, 1.82) is 10.5 Å². The maximum Gasteiger partial charge on any atom is 0.237 e. The molecule has 0 aromatic heterocycles. The van der Waals surface area contributed by atoms with E-state index in [9.17, 15) is 13.2 Å². The van der Waals surface area contributed by atoms with E-state index in [0.29, 0.717) is 6.07 Å². The molecule has 7 heteroatoms. The first-order valence-electron chi connectivity index (χ1n) is 3.87. The van der Waals surface area contributed by atoms with Crippen molar-refractivity contribution < 1.29 is 13.2 Å². The molecule has 0 aliphatic heterocycles. The van der Waals surface area contributed by atoms with Gasteiger partial charge in [0.25, 0.3) is 0 Å². The third kappa shape index (κ3) is 2.28. The lowest BCUT2D eigenvalue weighted by Crippen LogP contribution is -2.01. The lowest BCUT2D eigenvalue weighted by atomic mass is 10.3. The first-order chi connectivity index (χ1) is 7.60. The van der Waals surface area contributed by atoms with Crippen LogP contribution in [0, 0.1) is 40.1 Å². The molecular formula is C9H3F3N4. The number of nitrogens with one attached hydrogen (secondary N) is 1. The van der Waals surface area contributed by atoms with E-state index in [2.05, 4.69) is 5.10 Å². The molecule has 4 nitrogen and oxygen atoms in total. The normalized spacial score (nSPS) is 8.81. The van der Waals surface area contributed by atoms with Crippen molar-refractivity contribution in [3.05, 3.63) is 29.6 Å². The van der Waals surface area contributed by atoms with Gasteiger partial charge in [0.1, 0.15) is 12.1 Å². The lowest BCUT2D eigenvalue weighted by Gasteiger charge is -2.02. The average Bonchev–Trinajstić information content (AvgIpc) is 2.30. The van der Waals surface area contributed by atoms with E-state index in [4.69, 9.17) is 10.5 Å². The van der Waals surface area contributed by atoms with E-state index < -0.39 is 28.9 Å². The average molecular weight is 224 g/mol. The van der Waals surface area contributed by atoms with E-state index in [-0.39, 0.29) is 0 Å². The van der Waals surface area contributed by atoms with Crippen LogP contribution in [-0.4, -0.2) is 5.71 Å². The molecule has 1 rings (SSSR count). The molecule has 1 N–H and O–H groups in total. The summed E-state index contributed by atoms with van der Waals surface area (Å²) in [6, 6.07) is 4.39. The quantitative estimate of drug-likeness (QED) is 0.473. The fourth-order valence-corrected chi connectivity index (χ4v) is 0.803. The van der Waals surface area contributed by atoms with Gasteiger partial charge in [0, 0.05) is 0 Å². The summed E-state index contributed by atoms with van der Waals surface area (Å²) in [5, 5.41) is 19.8. The third-order valence-electron chi connectivity index (χ3n) is 1.54. The fraction of sp³-hybridized carbons (Fsp3) is 0. The summed E-state index contributed by atoms with van der Waals surface area (Å²) in [7, 11) is 0. The van der Waals surface area contributed by atoms with E-state index >= 15 is 0 Å². The summed E-state index contributed by atoms with van der Waals surface area (Å²) >= 11 is 0. The molecule has 0 saturated heterocycles. The Kier molecular flexibility index (Phi) is 3.46. The van der Waals surface area contributed by atoms with Crippen LogP contribution in [0.15, 0.2) is 17.2 Å². The van der Waals surface area contributed by atoms with Gasteiger partial charge in [0.2, 0.25) is 5.71 Å². The second-order valence-electron chi connectivity index (χ2n) is 2.52. The molecular weight excluding hydrogens is 221 g/mol. The minimum atomic E-state index is -1.66. The summed E-state index contributed by atoms with van der Waals surface area (Å²) in [5.74, 6) is -4.47. The van der Waals surface area contributed by atoms with E-state index in [0.717, 1.165) is 6.07 Å². The van der Waals surface area contributed by atoms with Gasteiger partial charge in [0.05, 0.1) is 5.69 Å². The highest BCUT2D eigenvalue weighted by Crippen LogP contribution is 2.19. The van der Waals surface area contributed by atoms with Crippen LogP contribution in [0.4, 0.5) is 18.9 Å². The minimum Gasteiger partial charge on any atom is -0.273 e. The second-order valence-corrected chi connectivity index (χ2v) is 2.52. The number of anilines is 1. The van der Waals surface area contributed by atoms with Gasteiger partial charge in [-0.2, -0.15) is 15.6 Å². The first kappa shape index (κ1) is 11.5. The van der Waals surface area contributed by atoms with Gasteiger partial charge in [-0.15, -0.1) is 0 Å². The Morgan fingerprint density at radius 1 is 1.12 bits per heavy atom. The van der Waals surface area contributed by atoms with Crippen LogP contribution in [0.25, 0.3) is 0 Å². The number of hydrogen-bond acceptors (Lipinski definition) is 4. The minimum absolute atomic E-state index is 0.470. The van der Waals surface area contributed by atoms with Crippen molar-refractivity contribution in [3.8, 4) is 12.1 Å². The molecule has 16 heavy (non-hydrogen) atoms. The lowest BCUT2D eigenvalue weighted by molar-refractivity contribution is 0.449. The standard InChI is InChI=1S/C9H3F3N4/c10-6-1-2-7(9(12)8(6)11)16-15-5(3-13)4-14/h1-2,16H. The summed E-state index contributed by atoms with van der Waals surface area (Å²) in [5.41, 5.74) is 0.908. The zero-order chi connectivity index (χ0) is 12.1. The number of nitriles is 2. The molecule has 1 aromatic rings. The zero-order valence-corrected chi connectivity index (χ0v) is 7.63. The molecule has 0 radical (unpaired) electrons.